The number of nitrogens with one attached hydrogen (secondary N) is 2. The average Bonchev–Trinajstić information content (AvgIpc) is 2.65. The molecule has 0 bridgehead atoms. The summed E-state index contributed by atoms with van der Waals surface area (Å²) in [5.41, 5.74) is 1.01. The zero-order valence-corrected chi connectivity index (χ0v) is 13.3. The van der Waals surface area contributed by atoms with Crippen molar-refractivity contribution in [2.75, 3.05) is 25.1 Å². The van der Waals surface area contributed by atoms with Gasteiger partial charge in [-0.1, -0.05) is 12.1 Å². The summed E-state index contributed by atoms with van der Waals surface area (Å²) in [6.07, 6.45) is -0.257. The molecule has 128 valence electrons. The van der Waals surface area contributed by atoms with E-state index < -0.39 is 0 Å². The van der Waals surface area contributed by atoms with Gasteiger partial charge in [-0.25, -0.2) is 0 Å². The molecule has 1 atom stereocenters. The van der Waals surface area contributed by atoms with Crippen molar-refractivity contribution in [3.8, 4) is 17.2 Å². The molecule has 0 fully saturated rings. The zero-order chi connectivity index (χ0) is 17.2. The first-order valence-corrected chi connectivity index (χ1v) is 7.92. The van der Waals surface area contributed by atoms with Crippen LogP contribution in [0.3, 0.4) is 0 Å². The van der Waals surface area contributed by atoms with E-state index in [2.05, 4.69) is 10.6 Å². The van der Waals surface area contributed by atoms with Gasteiger partial charge in [-0.2, -0.15) is 0 Å². The van der Waals surface area contributed by atoms with E-state index >= 15 is 0 Å². The number of ether oxygens (including phenoxy) is 3. The molecule has 7 heteroatoms. The van der Waals surface area contributed by atoms with Gasteiger partial charge in [0.05, 0.1) is 12.2 Å². The fourth-order valence-corrected chi connectivity index (χ4v) is 2.69. The third-order valence-corrected chi connectivity index (χ3v) is 3.93. The van der Waals surface area contributed by atoms with E-state index in [9.17, 15) is 9.59 Å². The third-order valence-electron chi connectivity index (χ3n) is 3.93. The van der Waals surface area contributed by atoms with Crippen molar-refractivity contribution >= 4 is 17.5 Å². The first kappa shape index (κ1) is 15.3. The van der Waals surface area contributed by atoms with Crippen LogP contribution in [0.4, 0.5) is 5.69 Å². The molecule has 2 aliphatic rings. The summed E-state index contributed by atoms with van der Waals surface area (Å²) >= 11 is 0. The second kappa shape index (κ2) is 6.35. The van der Waals surface area contributed by atoms with E-state index in [0.717, 1.165) is 0 Å². The highest BCUT2D eigenvalue weighted by Gasteiger charge is 2.22. The number of rotatable bonds is 3. The number of benzene rings is 2. The van der Waals surface area contributed by atoms with E-state index in [4.69, 9.17) is 14.2 Å². The molecule has 0 spiro atoms. The summed E-state index contributed by atoms with van der Waals surface area (Å²) in [6.45, 7) is 0.642. The van der Waals surface area contributed by atoms with Gasteiger partial charge in [0.15, 0.2) is 18.1 Å². The lowest BCUT2D eigenvalue weighted by molar-refractivity contribution is -0.118. The summed E-state index contributed by atoms with van der Waals surface area (Å²) in [5.74, 6) is 1.41. The number of fused-ring (bicyclic) bond motifs is 2. The highest BCUT2D eigenvalue weighted by atomic mass is 16.6. The zero-order valence-electron chi connectivity index (χ0n) is 13.3. The second-order valence-electron chi connectivity index (χ2n) is 5.76. The molecule has 2 aromatic rings. The van der Waals surface area contributed by atoms with Crippen LogP contribution >= 0.6 is 0 Å². The van der Waals surface area contributed by atoms with E-state index in [0.29, 0.717) is 41.7 Å². The lowest BCUT2D eigenvalue weighted by Crippen LogP contribution is -2.40. The van der Waals surface area contributed by atoms with Gasteiger partial charge in [0, 0.05) is 5.56 Å². The van der Waals surface area contributed by atoms with Gasteiger partial charge in [-0.05, 0) is 30.3 Å². The summed E-state index contributed by atoms with van der Waals surface area (Å²) in [5, 5.41) is 5.52. The Morgan fingerprint density at radius 3 is 2.84 bits per heavy atom. The first-order valence-electron chi connectivity index (χ1n) is 7.92. The topological polar surface area (TPSA) is 85.9 Å². The Labute approximate surface area is 143 Å². The molecule has 4 rings (SSSR count). The second-order valence-corrected chi connectivity index (χ2v) is 5.76. The van der Waals surface area contributed by atoms with Crippen LogP contribution in [-0.2, 0) is 4.79 Å². The molecule has 25 heavy (non-hydrogen) atoms. The van der Waals surface area contributed by atoms with E-state index in [1.54, 1.807) is 18.2 Å². The maximum atomic E-state index is 12.3. The molecule has 0 unspecified atom stereocenters. The molecule has 0 saturated heterocycles. The molecular weight excluding hydrogens is 324 g/mol. The molecule has 2 N–H and O–H groups in total. The van der Waals surface area contributed by atoms with E-state index in [1.165, 1.54) is 0 Å². The molecule has 2 aliphatic heterocycles. The number of amides is 2. The first-order chi connectivity index (χ1) is 12.2. The van der Waals surface area contributed by atoms with Crippen LogP contribution < -0.4 is 24.8 Å². The average molecular weight is 340 g/mol. The Morgan fingerprint density at radius 2 is 1.96 bits per heavy atom. The van der Waals surface area contributed by atoms with E-state index in [1.807, 2.05) is 24.3 Å². The van der Waals surface area contributed by atoms with Crippen LogP contribution in [0.25, 0.3) is 0 Å². The van der Waals surface area contributed by atoms with Gasteiger partial charge >= 0.3 is 0 Å². The molecule has 0 saturated carbocycles. The quantitative estimate of drug-likeness (QED) is 0.886. The molecule has 0 aromatic heterocycles. The fraction of sp³-hybridized carbons (Fsp3) is 0.222. The van der Waals surface area contributed by atoms with Crippen molar-refractivity contribution in [1.82, 2.24) is 5.32 Å². The minimum atomic E-state index is -0.257. The lowest BCUT2D eigenvalue weighted by Gasteiger charge is -2.26. The smallest absolute Gasteiger partial charge is 0.262 e. The summed E-state index contributed by atoms with van der Waals surface area (Å²) < 4.78 is 16.8. The molecule has 2 aromatic carbocycles. The van der Waals surface area contributed by atoms with Gasteiger partial charge in [0.25, 0.3) is 11.8 Å². The number of hydrogen-bond acceptors (Lipinski definition) is 5. The van der Waals surface area contributed by atoms with Crippen LogP contribution in [0, 0.1) is 0 Å². The fourth-order valence-electron chi connectivity index (χ4n) is 2.69. The summed E-state index contributed by atoms with van der Waals surface area (Å²) in [4.78, 5) is 23.6. The predicted molar refractivity (Wildman–Crippen MR) is 89.3 cm³/mol. The summed E-state index contributed by atoms with van der Waals surface area (Å²) in [7, 11) is 0. The molecule has 7 nitrogen and oxygen atoms in total. The van der Waals surface area contributed by atoms with Crippen molar-refractivity contribution in [2.45, 2.75) is 6.10 Å². The predicted octanol–water partition coefficient (Wildman–Crippen LogP) is 1.59. The molecule has 2 heterocycles. The largest absolute Gasteiger partial charge is 0.486 e. The van der Waals surface area contributed by atoms with Crippen LogP contribution in [-0.4, -0.2) is 37.7 Å². The van der Waals surface area contributed by atoms with Crippen molar-refractivity contribution in [2.24, 2.45) is 0 Å². The van der Waals surface area contributed by atoms with Gasteiger partial charge in [-0.15, -0.1) is 0 Å². The van der Waals surface area contributed by atoms with Crippen molar-refractivity contribution in [1.29, 1.82) is 0 Å². The third kappa shape index (κ3) is 3.21. The van der Waals surface area contributed by atoms with Gasteiger partial charge in [0.2, 0.25) is 0 Å². The van der Waals surface area contributed by atoms with Crippen molar-refractivity contribution < 1.29 is 23.8 Å². The Bertz CT molecular complexity index is 836. The van der Waals surface area contributed by atoms with Crippen LogP contribution in [0.5, 0.6) is 17.2 Å². The molecular formula is C18H16N2O5. The Morgan fingerprint density at radius 1 is 1.12 bits per heavy atom. The van der Waals surface area contributed by atoms with Crippen molar-refractivity contribution in [3.05, 3.63) is 48.0 Å². The van der Waals surface area contributed by atoms with Crippen LogP contribution in [0.15, 0.2) is 42.5 Å². The highest BCUT2D eigenvalue weighted by molar-refractivity contribution is 5.99. The normalized spacial score (nSPS) is 17.8. The Kier molecular flexibility index (Phi) is 3.89. The minimum Gasteiger partial charge on any atom is -0.486 e. The van der Waals surface area contributed by atoms with Gasteiger partial charge < -0.3 is 24.8 Å². The van der Waals surface area contributed by atoms with Gasteiger partial charge in [-0.3, -0.25) is 9.59 Å². The summed E-state index contributed by atoms with van der Waals surface area (Å²) in [6, 6.07) is 12.3. The maximum Gasteiger partial charge on any atom is 0.262 e. The molecule has 0 aliphatic carbocycles. The SMILES string of the molecule is O=C1COc2cc(C(=O)NC[C@H]3COc4ccccc4O3)ccc2N1. The number of anilines is 1. The molecule has 0 radical (unpaired) electrons. The maximum absolute atomic E-state index is 12.3. The monoisotopic (exact) mass is 340 g/mol. The van der Waals surface area contributed by atoms with E-state index in [-0.39, 0.29) is 24.5 Å². The standard InChI is InChI=1S/C18H16N2O5/c21-17-10-24-16-7-11(5-6-13(16)20-17)18(22)19-8-12-9-23-14-3-1-2-4-15(14)25-12/h1-7,12H,8-10H2,(H,19,22)(H,20,21)/t12-/m0/s1. The molecule has 2 amide bonds. The van der Waals surface area contributed by atoms with Crippen molar-refractivity contribution in [3.63, 3.8) is 0 Å². The minimum absolute atomic E-state index is 0.0509. The number of hydrogen-bond donors (Lipinski definition) is 2. The number of para-hydroxylation sites is 2. The Hall–Kier alpha value is -3.22. The Balaban J connectivity index is 1.38. The highest BCUT2D eigenvalue weighted by Crippen LogP contribution is 2.31. The number of carbonyl (C=O) groups excluding carboxylic acids is 2. The van der Waals surface area contributed by atoms with Gasteiger partial charge in [0.1, 0.15) is 18.5 Å². The lowest BCUT2D eigenvalue weighted by atomic mass is 10.1. The number of carbonyl (C=O) groups is 2. The van der Waals surface area contributed by atoms with Crippen LogP contribution in [0.2, 0.25) is 0 Å². The van der Waals surface area contributed by atoms with Crippen LogP contribution in [0.1, 0.15) is 10.4 Å².